The van der Waals surface area contributed by atoms with Gasteiger partial charge in [-0.2, -0.15) is 13.2 Å². The molecule has 0 fully saturated rings. The Morgan fingerprint density at radius 3 is 2.12 bits per heavy atom. The molecule has 1 unspecified atom stereocenters. The maximum absolute atomic E-state index is 12.4. The lowest BCUT2D eigenvalue weighted by molar-refractivity contribution is -0.207. The zero-order valence-electron chi connectivity index (χ0n) is 9.22. The molecule has 1 atom stereocenters. The molecule has 0 radical (unpaired) electrons. The Kier molecular flexibility index (Phi) is 3.48. The van der Waals surface area contributed by atoms with Crippen molar-refractivity contribution >= 4 is 0 Å². The third-order valence-corrected chi connectivity index (χ3v) is 2.45. The highest BCUT2D eigenvalue weighted by molar-refractivity contribution is 5.43. The number of aryl methyl sites for hydroxylation is 2. The van der Waals surface area contributed by atoms with Crippen molar-refractivity contribution in [2.75, 3.05) is 7.11 Å². The topological polar surface area (TPSA) is 29.5 Å². The van der Waals surface area contributed by atoms with E-state index >= 15 is 0 Å². The Hall–Kier alpha value is -1.23. The second-order valence-corrected chi connectivity index (χ2v) is 3.62. The summed E-state index contributed by atoms with van der Waals surface area (Å²) in [5.41, 5.74) is 1.24. The third-order valence-electron chi connectivity index (χ3n) is 2.45. The lowest BCUT2D eigenvalue weighted by atomic mass is 10.0. The molecule has 0 bridgehead atoms. The molecular weight excluding hydrogens is 221 g/mol. The van der Waals surface area contributed by atoms with Crippen LogP contribution in [0.4, 0.5) is 13.2 Å². The average Bonchev–Trinajstić information content (AvgIpc) is 2.19. The monoisotopic (exact) mass is 234 g/mol. The fraction of sp³-hybridized carbons (Fsp3) is 0.455. The van der Waals surface area contributed by atoms with Crippen LogP contribution in [0, 0.1) is 13.8 Å². The van der Waals surface area contributed by atoms with Crippen LogP contribution in [0.25, 0.3) is 0 Å². The molecule has 0 aliphatic rings. The van der Waals surface area contributed by atoms with Gasteiger partial charge >= 0.3 is 6.18 Å². The maximum Gasteiger partial charge on any atom is 0.418 e. The molecule has 5 heteroatoms. The molecule has 16 heavy (non-hydrogen) atoms. The molecule has 1 aromatic carbocycles. The van der Waals surface area contributed by atoms with E-state index in [4.69, 9.17) is 4.74 Å². The van der Waals surface area contributed by atoms with Crippen molar-refractivity contribution in [2.24, 2.45) is 0 Å². The van der Waals surface area contributed by atoms with E-state index in [9.17, 15) is 18.3 Å². The van der Waals surface area contributed by atoms with E-state index in [0.29, 0.717) is 5.56 Å². The van der Waals surface area contributed by atoms with Crippen molar-refractivity contribution < 1.29 is 23.0 Å². The van der Waals surface area contributed by atoms with Crippen LogP contribution >= 0.6 is 0 Å². The molecule has 0 aliphatic heterocycles. The van der Waals surface area contributed by atoms with Crippen LogP contribution in [0.2, 0.25) is 0 Å². The molecule has 1 N–H and O–H groups in total. The van der Waals surface area contributed by atoms with Crippen LogP contribution < -0.4 is 4.74 Å². The summed E-state index contributed by atoms with van der Waals surface area (Å²) in [5.74, 6) is 0.0490. The molecule has 0 aliphatic carbocycles. The van der Waals surface area contributed by atoms with Crippen molar-refractivity contribution in [1.82, 2.24) is 0 Å². The quantitative estimate of drug-likeness (QED) is 0.852. The highest BCUT2D eigenvalue weighted by Crippen LogP contribution is 2.38. The number of benzene rings is 1. The van der Waals surface area contributed by atoms with Crippen molar-refractivity contribution in [3.05, 3.63) is 28.8 Å². The van der Waals surface area contributed by atoms with Crippen LogP contribution in [0.3, 0.4) is 0 Å². The zero-order valence-corrected chi connectivity index (χ0v) is 9.22. The van der Waals surface area contributed by atoms with E-state index in [1.807, 2.05) is 0 Å². The number of methoxy groups -OCH3 is 1. The van der Waals surface area contributed by atoms with Gasteiger partial charge in [-0.15, -0.1) is 0 Å². The molecule has 1 rings (SSSR count). The van der Waals surface area contributed by atoms with E-state index in [2.05, 4.69) is 0 Å². The highest BCUT2D eigenvalue weighted by atomic mass is 19.4. The SMILES string of the molecule is COc1cc(C)c(C)cc1C(O)C(F)(F)F. The van der Waals surface area contributed by atoms with E-state index in [0.717, 1.165) is 5.56 Å². The van der Waals surface area contributed by atoms with Gasteiger partial charge in [0.2, 0.25) is 0 Å². The van der Waals surface area contributed by atoms with E-state index < -0.39 is 12.3 Å². The molecule has 0 amide bonds. The fourth-order valence-electron chi connectivity index (χ4n) is 1.38. The predicted octanol–water partition coefficient (Wildman–Crippen LogP) is 2.91. The largest absolute Gasteiger partial charge is 0.496 e. The molecule has 0 saturated carbocycles. The van der Waals surface area contributed by atoms with Gasteiger partial charge in [-0.3, -0.25) is 0 Å². The van der Waals surface area contributed by atoms with Crippen LogP contribution in [0.1, 0.15) is 22.8 Å². The first-order valence-electron chi connectivity index (χ1n) is 4.67. The van der Waals surface area contributed by atoms with Gasteiger partial charge in [0.05, 0.1) is 7.11 Å². The number of halogens is 3. The van der Waals surface area contributed by atoms with Gasteiger partial charge in [-0.25, -0.2) is 0 Å². The Balaban J connectivity index is 3.27. The minimum absolute atomic E-state index is 0.0490. The van der Waals surface area contributed by atoms with Gasteiger partial charge < -0.3 is 9.84 Å². The van der Waals surface area contributed by atoms with Gasteiger partial charge in [-0.05, 0) is 37.1 Å². The first kappa shape index (κ1) is 12.8. The van der Waals surface area contributed by atoms with Crippen LogP contribution in [-0.4, -0.2) is 18.4 Å². The van der Waals surface area contributed by atoms with Crippen LogP contribution in [0.15, 0.2) is 12.1 Å². The number of ether oxygens (including phenoxy) is 1. The molecule has 90 valence electrons. The Morgan fingerprint density at radius 1 is 1.19 bits per heavy atom. The normalized spacial score (nSPS) is 13.7. The minimum Gasteiger partial charge on any atom is -0.496 e. The molecule has 0 spiro atoms. The maximum atomic E-state index is 12.4. The second-order valence-electron chi connectivity index (χ2n) is 3.62. The summed E-state index contributed by atoms with van der Waals surface area (Å²) in [6.07, 6.45) is -7.20. The molecular formula is C11H13F3O2. The van der Waals surface area contributed by atoms with Gasteiger partial charge in [-0.1, -0.05) is 0 Å². The Morgan fingerprint density at radius 2 is 1.69 bits per heavy atom. The highest BCUT2D eigenvalue weighted by Gasteiger charge is 2.41. The lowest BCUT2D eigenvalue weighted by Crippen LogP contribution is -2.21. The molecule has 0 heterocycles. The number of hydrogen-bond donors (Lipinski definition) is 1. The number of rotatable bonds is 2. The lowest BCUT2D eigenvalue weighted by Gasteiger charge is -2.19. The molecule has 0 aromatic heterocycles. The van der Waals surface area contributed by atoms with E-state index in [1.54, 1.807) is 13.8 Å². The summed E-state index contributed by atoms with van der Waals surface area (Å²) < 4.78 is 42.0. The number of alkyl halides is 3. The zero-order chi connectivity index (χ0) is 12.5. The smallest absolute Gasteiger partial charge is 0.418 e. The van der Waals surface area contributed by atoms with Crippen LogP contribution in [-0.2, 0) is 0 Å². The molecule has 1 aromatic rings. The van der Waals surface area contributed by atoms with Gasteiger partial charge in [0.25, 0.3) is 0 Å². The predicted molar refractivity (Wildman–Crippen MR) is 53.5 cm³/mol. The summed E-state index contributed by atoms with van der Waals surface area (Å²) in [7, 11) is 1.27. The van der Waals surface area contributed by atoms with Gasteiger partial charge in [0.1, 0.15) is 5.75 Å². The van der Waals surface area contributed by atoms with E-state index in [1.165, 1.54) is 19.2 Å². The van der Waals surface area contributed by atoms with Crippen LogP contribution in [0.5, 0.6) is 5.75 Å². The Labute approximate surface area is 91.7 Å². The minimum atomic E-state index is -4.69. The number of hydrogen-bond acceptors (Lipinski definition) is 2. The fourth-order valence-corrected chi connectivity index (χ4v) is 1.38. The second kappa shape index (κ2) is 4.33. The van der Waals surface area contributed by atoms with Crippen molar-refractivity contribution in [2.45, 2.75) is 26.1 Å². The summed E-state index contributed by atoms with van der Waals surface area (Å²) in [5, 5.41) is 9.18. The summed E-state index contributed by atoms with van der Waals surface area (Å²) >= 11 is 0. The standard InChI is InChI=1S/C11H13F3O2/c1-6-4-8(10(15)11(12,13)14)9(16-3)5-7(6)2/h4-5,10,15H,1-3H3. The number of aliphatic hydroxyl groups excluding tert-OH is 1. The summed E-state index contributed by atoms with van der Waals surface area (Å²) in [4.78, 5) is 0. The van der Waals surface area contributed by atoms with Gasteiger partial charge in [0, 0.05) is 5.56 Å². The van der Waals surface area contributed by atoms with Crippen molar-refractivity contribution in [3.63, 3.8) is 0 Å². The van der Waals surface area contributed by atoms with E-state index in [-0.39, 0.29) is 11.3 Å². The average molecular weight is 234 g/mol. The summed E-state index contributed by atoms with van der Waals surface area (Å²) in [6.45, 7) is 3.45. The van der Waals surface area contributed by atoms with Crippen molar-refractivity contribution in [3.8, 4) is 5.75 Å². The third kappa shape index (κ3) is 2.47. The first-order chi connectivity index (χ1) is 7.27. The molecule has 0 saturated heterocycles. The summed E-state index contributed by atoms with van der Waals surface area (Å²) in [6, 6.07) is 2.78. The van der Waals surface area contributed by atoms with Gasteiger partial charge in [0.15, 0.2) is 6.10 Å². The number of aliphatic hydroxyl groups is 1. The molecule has 2 nitrogen and oxygen atoms in total. The Bertz CT molecular complexity index is 386. The van der Waals surface area contributed by atoms with Crippen molar-refractivity contribution in [1.29, 1.82) is 0 Å². The first-order valence-corrected chi connectivity index (χ1v) is 4.67.